The second kappa shape index (κ2) is 5.02. The predicted octanol–water partition coefficient (Wildman–Crippen LogP) is 4.65. The van der Waals surface area contributed by atoms with Crippen LogP contribution in [0.1, 0.15) is 5.76 Å². The summed E-state index contributed by atoms with van der Waals surface area (Å²) in [5, 5.41) is 4.54. The number of hydrogen-bond donors (Lipinski definition) is 1. The van der Waals surface area contributed by atoms with Gasteiger partial charge in [0.05, 0.1) is 6.54 Å². The van der Waals surface area contributed by atoms with Gasteiger partial charge in [-0.3, -0.25) is 0 Å². The van der Waals surface area contributed by atoms with Gasteiger partial charge in [-0.05, 0) is 46.9 Å². The van der Waals surface area contributed by atoms with Crippen molar-refractivity contribution >= 4 is 39.2 Å². The lowest BCUT2D eigenvalue weighted by molar-refractivity contribution is 0.559. The average Bonchev–Trinajstić information content (AvgIpc) is 2.80. The van der Waals surface area contributed by atoms with Crippen molar-refractivity contribution in [1.29, 1.82) is 0 Å². The Bertz CT molecular complexity index is 642. The first-order valence-corrected chi connectivity index (χ1v) is 6.87. The summed E-state index contributed by atoms with van der Waals surface area (Å²) in [6.07, 6.45) is 0. The second-order valence-electron chi connectivity index (χ2n) is 4.08. The molecule has 2 nitrogen and oxygen atoms in total. The van der Waals surface area contributed by atoms with Crippen LogP contribution in [-0.4, -0.2) is 0 Å². The van der Waals surface area contributed by atoms with Gasteiger partial charge in [0.2, 0.25) is 0 Å². The first kappa shape index (κ1) is 11.6. The largest absolute Gasteiger partial charge is 0.459 e. The van der Waals surface area contributed by atoms with Gasteiger partial charge in [-0.2, -0.15) is 0 Å². The van der Waals surface area contributed by atoms with Crippen LogP contribution in [-0.2, 0) is 6.54 Å². The number of halogens is 1. The minimum Gasteiger partial charge on any atom is -0.459 e. The maximum Gasteiger partial charge on any atom is 0.134 e. The highest BCUT2D eigenvalue weighted by Crippen LogP contribution is 2.21. The van der Waals surface area contributed by atoms with Crippen LogP contribution in [0.5, 0.6) is 0 Å². The first-order chi connectivity index (χ1) is 8.83. The molecule has 1 N–H and O–H groups in total. The van der Waals surface area contributed by atoms with Crippen molar-refractivity contribution < 1.29 is 4.42 Å². The van der Waals surface area contributed by atoms with Crippen LogP contribution in [0, 0.1) is 3.57 Å². The van der Waals surface area contributed by atoms with Crippen LogP contribution < -0.4 is 5.32 Å². The highest BCUT2D eigenvalue weighted by molar-refractivity contribution is 14.1. The van der Waals surface area contributed by atoms with E-state index in [0.29, 0.717) is 6.54 Å². The molecule has 0 radical (unpaired) electrons. The molecule has 2 aromatic carbocycles. The normalized spacial score (nSPS) is 10.7. The average molecular weight is 349 g/mol. The SMILES string of the molecule is Ic1ccccc1NCc1cc2ccccc2o1. The molecule has 0 amide bonds. The monoisotopic (exact) mass is 349 g/mol. The molecule has 3 rings (SSSR count). The summed E-state index contributed by atoms with van der Waals surface area (Å²) in [6, 6.07) is 18.4. The number of para-hydroxylation sites is 2. The van der Waals surface area contributed by atoms with Gasteiger partial charge in [-0.15, -0.1) is 0 Å². The van der Waals surface area contributed by atoms with Crippen LogP contribution in [0.15, 0.2) is 59.0 Å². The van der Waals surface area contributed by atoms with Gasteiger partial charge < -0.3 is 9.73 Å². The summed E-state index contributed by atoms with van der Waals surface area (Å²) < 4.78 is 6.98. The van der Waals surface area contributed by atoms with E-state index in [1.54, 1.807) is 0 Å². The summed E-state index contributed by atoms with van der Waals surface area (Å²) in [7, 11) is 0. The number of nitrogens with one attached hydrogen (secondary N) is 1. The van der Waals surface area contributed by atoms with E-state index in [9.17, 15) is 0 Å². The zero-order valence-electron chi connectivity index (χ0n) is 9.69. The smallest absolute Gasteiger partial charge is 0.134 e. The quantitative estimate of drug-likeness (QED) is 0.697. The fourth-order valence-corrected chi connectivity index (χ4v) is 2.49. The number of furan rings is 1. The van der Waals surface area contributed by atoms with Crippen molar-refractivity contribution in [3.63, 3.8) is 0 Å². The lowest BCUT2D eigenvalue weighted by atomic mass is 10.2. The lowest BCUT2D eigenvalue weighted by Gasteiger charge is -2.05. The molecular formula is C15H12INO. The van der Waals surface area contributed by atoms with E-state index in [4.69, 9.17) is 4.42 Å². The topological polar surface area (TPSA) is 25.2 Å². The number of hydrogen-bond acceptors (Lipinski definition) is 2. The van der Waals surface area contributed by atoms with E-state index in [-0.39, 0.29) is 0 Å². The van der Waals surface area contributed by atoms with E-state index < -0.39 is 0 Å². The molecule has 0 spiro atoms. The molecule has 3 heteroatoms. The van der Waals surface area contributed by atoms with E-state index >= 15 is 0 Å². The molecule has 0 fully saturated rings. The minimum atomic E-state index is 0.703. The molecule has 0 aliphatic carbocycles. The molecule has 1 heterocycles. The molecule has 0 aliphatic heterocycles. The Hall–Kier alpha value is -1.49. The minimum absolute atomic E-state index is 0.703. The number of rotatable bonds is 3. The standard InChI is InChI=1S/C15H12INO/c16-13-6-2-3-7-14(13)17-10-12-9-11-5-1-4-8-15(11)18-12/h1-9,17H,10H2. The second-order valence-corrected chi connectivity index (χ2v) is 5.25. The van der Waals surface area contributed by atoms with Crippen LogP contribution in [0.25, 0.3) is 11.0 Å². The number of anilines is 1. The summed E-state index contributed by atoms with van der Waals surface area (Å²) >= 11 is 2.32. The fraction of sp³-hybridized carbons (Fsp3) is 0.0667. The molecule has 3 aromatic rings. The summed E-state index contributed by atoms with van der Waals surface area (Å²) in [6.45, 7) is 0.703. The maximum absolute atomic E-state index is 5.76. The lowest BCUT2D eigenvalue weighted by Crippen LogP contribution is -1.99. The third-order valence-corrected chi connectivity index (χ3v) is 3.74. The van der Waals surface area contributed by atoms with Crippen LogP contribution in [0.4, 0.5) is 5.69 Å². The van der Waals surface area contributed by atoms with E-state index in [1.165, 1.54) is 3.57 Å². The van der Waals surface area contributed by atoms with Crippen molar-refractivity contribution in [1.82, 2.24) is 0 Å². The van der Waals surface area contributed by atoms with Crippen molar-refractivity contribution in [3.8, 4) is 0 Å². The molecule has 18 heavy (non-hydrogen) atoms. The van der Waals surface area contributed by atoms with Crippen LogP contribution in [0.2, 0.25) is 0 Å². The Morgan fingerprint density at radius 1 is 1.00 bits per heavy atom. The molecule has 90 valence electrons. The Kier molecular flexibility index (Phi) is 3.23. The third-order valence-electron chi connectivity index (χ3n) is 2.80. The van der Waals surface area contributed by atoms with Crippen LogP contribution >= 0.6 is 22.6 Å². The van der Waals surface area contributed by atoms with Crippen molar-refractivity contribution in [2.75, 3.05) is 5.32 Å². The predicted molar refractivity (Wildman–Crippen MR) is 82.7 cm³/mol. The van der Waals surface area contributed by atoms with Gasteiger partial charge in [0, 0.05) is 14.6 Å². The maximum atomic E-state index is 5.76. The number of fused-ring (bicyclic) bond motifs is 1. The molecule has 0 aliphatic rings. The number of benzene rings is 2. The van der Waals surface area contributed by atoms with Crippen LogP contribution in [0.3, 0.4) is 0 Å². The van der Waals surface area contributed by atoms with Gasteiger partial charge in [0.15, 0.2) is 0 Å². The molecule has 0 unspecified atom stereocenters. The van der Waals surface area contributed by atoms with Crippen molar-refractivity contribution in [2.45, 2.75) is 6.54 Å². The highest BCUT2D eigenvalue weighted by atomic mass is 127. The zero-order valence-corrected chi connectivity index (χ0v) is 11.8. The Labute approximate surface area is 119 Å². The molecule has 1 aromatic heterocycles. The van der Waals surface area contributed by atoms with E-state index in [0.717, 1.165) is 22.4 Å². The molecule has 0 saturated heterocycles. The molecule has 0 saturated carbocycles. The molecule has 0 atom stereocenters. The fourth-order valence-electron chi connectivity index (χ4n) is 1.91. The highest BCUT2D eigenvalue weighted by Gasteiger charge is 2.03. The first-order valence-electron chi connectivity index (χ1n) is 5.79. The van der Waals surface area contributed by atoms with Crippen molar-refractivity contribution in [2.24, 2.45) is 0 Å². The molecular weight excluding hydrogens is 337 g/mol. The summed E-state index contributed by atoms with van der Waals surface area (Å²) in [4.78, 5) is 0. The van der Waals surface area contributed by atoms with Gasteiger partial charge in [0.1, 0.15) is 11.3 Å². The van der Waals surface area contributed by atoms with E-state index in [1.807, 2.05) is 30.3 Å². The van der Waals surface area contributed by atoms with Gasteiger partial charge in [0.25, 0.3) is 0 Å². The Morgan fingerprint density at radius 2 is 1.78 bits per heavy atom. The Balaban J connectivity index is 1.79. The Morgan fingerprint density at radius 3 is 2.61 bits per heavy atom. The zero-order chi connectivity index (χ0) is 12.4. The van der Waals surface area contributed by atoms with Gasteiger partial charge in [-0.1, -0.05) is 30.3 Å². The van der Waals surface area contributed by atoms with Gasteiger partial charge >= 0.3 is 0 Å². The summed E-state index contributed by atoms with van der Waals surface area (Å²) in [5.41, 5.74) is 2.08. The molecule has 0 bridgehead atoms. The van der Waals surface area contributed by atoms with Crippen molar-refractivity contribution in [3.05, 3.63) is 63.9 Å². The summed E-state index contributed by atoms with van der Waals surface area (Å²) in [5.74, 6) is 0.954. The third kappa shape index (κ3) is 2.36. The van der Waals surface area contributed by atoms with Gasteiger partial charge in [-0.25, -0.2) is 0 Å². The van der Waals surface area contributed by atoms with E-state index in [2.05, 4.69) is 52.2 Å².